The van der Waals surface area contributed by atoms with Crippen molar-refractivity contribution in [1.82, 2.24) is 0 Å². The van der Waals surface area contributed by atoms with Gasteiger partial charge >= 0.3 is 5.97 Å². The number of anilines is 2. The molecule has 41 heavy (non-hydrogen) atoms. The molecule has 0 radical (unpaired) electrons. The third-order valence-corrected chi connectivity index (χ3v) is 7.31. The summed E-state index contributed by atoms with van der Waals surface area (Å²) in [5, 5.41) is 0. The van der Waals surface area contributed by atoms with E-state index in [4.69, 9.17) is 0 Å². The van der Waals surface area contributed by atoms with Crippen LogP contribution in [0.25, 0.3) is 17.2 Å². The third-order valence-electron chi connectivity index (χ3n) is 7.31. The Morgan fingerprint density at radius 2 is 1.66 bits per heavy atom. The van der Waals surface area contributed by atoms with Crippen molar-refractivity contribution in [2.75, 3.05) is 38.1 Å². The number of hydrogen-bond donors (Lipinski definition) is 0. The fraction of sp³-hybridized carbons (Fsp3) is 0.353. The zero-order chi connectivity index (χ0) is 29.9. The summed E-state index contributed by atoms with van der Waals surface area (Å²) in [6.45, 7) is 2.49. The van der Waals surface area contributed by atoms with E-state index >= 15 is 0 Å². The first kappa shape index (κ1) is 31.5. The monoisotopic (exact) mass is 562 g/mol. The number of benzene rings is 3. The fourth-order valence-electron chi connectivity index (χ4n) is 4.90. The number of ether oxygens (including phenoxy) is 1. The molecule has 0 aliphatic heterocycles. The predicted molar refractivity (Wildman–Crippen MR) is 163 cm³/mol. The predicted octanol–water partition coefficient (Wildman–Crippen LogP) is 7.53. The summed E-state index contributed by atoms with van der Waals surface area (Å²) < 4.78 is 33.5. The third kappa shape index (κ3) is 9.55. The molecule has 2 atom stereocenters. The number of esters is 1. The highest BCUT2D eigenvalue weighted by atomic mass is 19.1. The van der Waals surface area contributed by atoms with E-state index in [1.165, 1.54) is 50.3 Å². The number of aldehydes is 1. The van der Waals surface area contributed by atoms with E-state index in [-0.39, 0.29) is 12.4 Å². The van der Waals surface area contributed by atoms with Crippen LogP contribution in [0.2, 0.25) is 0 Å². The minimum absolute atomic E-state index is 0.259. The fourth-order valence-corrected chi connectivity index (χ4v) is 4.90. The molecule has 3 aromatic carbocycles. The number of methoxy groups -OCH3 is 1. The molecule has 0 aromatic heterocycles. The molecule has 1 aliphatic carbocycles. The molecular formula is C34H40F2N2O3. The second-order valence-corrected chi connectivity index (χ2v) is 10.9. The quantitative estimate of drug-likeness (QED) is 0.161. The first-order chi connectivity index (χ1) is 19.6. The van der Waals surface area contributed by atoms with Crippen molar-refractivity contribution in [3.8, 4) is 11.1 Å². The number of halogens is 2. The van der Waals surface area contributed by atoms with Crippen LogP contribution in [0.4, 0.5) is 20.2 Å². The van der Waals surface area contributed by atoms with Gasteiger partial charge in [-0.05, 0) is 77.9 Å². The van der Waals surface area contributed by atoms with Crippen molar-refractivity contribution >= 4 is 29.7 Å². The molecule has 0 heterocycles. The molecule has 0 bridgehead atoms. The van der Waals surface area contributed by atoms with Crippen LogP contribution in [0.3, 0.4) is 0 Å². The molecule has 0 saturated heterocycles. The van der Waals surface area contributed by atoms with E-state index in [0.717, 1.165) is 41.9 Å². The summed E-state index contributed by atoms with van der Waals surface area (Å²) in [6, 6.07) is 17.5. The standard InChI is InChI=1S/C26H26F2N2O2.C8H14O/c1-29(2)23-10-8-19(9-11-23)20-6-7-21(25(28)15-20)17-30(3)24-14-18(13-22(27)16-24)5-12-26(31)32-4;1-7-3-2-4-8(5-7)6-9/h5-16H,17H2,1-4H3;6-8H,2-5H2,1H3/b12-5+;/t;7-,8?/m.1/s1. The van der Waals surface area contributed by atoms with Gasteiger partial charge in [0.25, 0.3) is 0 Å². The summed E-state index contributed by atoms with van der Waals surface area (Å²) in [6.07, 6.45) is 8.66. The summed E-state index contributed by atoms with van der Waals surface area (Å²) in [5.74, 6) is -0.130. The molecule has 0 spiro atoms. The average molecular weight is 563 g/mol. The Kier molecular flexibility index (Phi) is 11.6. The van der Waals surface area contributed by atoms with Gasteiger partial charge in [0.05, 0.1) is 7.11 Å². The van der Waals surface area contributed by atoms with Crippen LogP contribution >= 0.6 is 0 Å². The maximum absolute atomic E-state index is 14.9. The van der Waals surface area contributed by atoms with Gasteiger partial charge in [-0.15, -0.1) is 0 Å². The van der Waals surface area contributed by atoms with E-state index in [0.29, 0.717) is 22.7 Å². The van der Waals surface area contributed by atoms with Crippen LogP contribution in [-0.4, -0.2) is 40.5 Å². The number of nitrogens with zero attached hydrogens (tertiary/aromatic N) is 2. The molecule has 1 saturated carbocycles. The summed E-state index contributed by atoms with van der Waals surface area (Å²) >= 11 is 0. The van der Waals surface area contributed by atoms with Gasteiger partial charge < -0.3 is 19.3 Å². The Morgan fingerprint density at radius 3 is 2.24 bits per heavy atom. The molecule has 1 fully saturated rings. The van der Waals surface area contributed by atoms with Gasteiger partial charge in [0.2, 0.25) is 0 Å². The van der Waals surface area contributed by atoms with Gasteiger partial charge in [-0.3, -0.25) is 0 Å². The highest BCUT2D eigenvalue weighted by Gasteiger charge is 2.17. The number of carbonyl (C=O) groups is 2. The van der Waals surface area contributed by atoms with Crippen LogP contribution < -0.4 is 9.80 Å². The molecule has 1 unspecified atom stereocenters. The maximum Gasteiger partial charge on any atom is 0.330 e. The Morgan fingerprint density at radius 1 is 0.951 bits per heavy atom. The van der Waals surface area contributed by atoms with Crippen LogP contribution in [0.5, 0.6) is 0 Å². The van der Waals surface area contributed by atoms with E-state index in [2.05, 4.69) is 11.7 Å². The van der Waals surface area contributed by atoms with Gasteiger partial charge in [0.1, 0.15) is 17.9 Å². The second-order valence-electron chi connectivity index (χ2n) is 10.9. The SMILES string of the molecule is COC(=O)/C=C/c1cc(F)cc(N(C)Cc2ccc(-c3ccc(N(C)C)cc3)cc2F)c1.C[C@@H]1CCCC(C=O)C1. The van der Waals surface area contributed by atoms with Crippen LogP contribution in [0.15, 0.2) is 66.7 Å². The van der Waals surface area contributed by atoms with Gasteiger partial charge in [-0.25, -0.2) is 13.6 Å². The maximum atomic E-state index is 14.9. The minimum atomic E-state index is -0.525. The zero-order valence-corrected chi connectivity index (χ0v) is 24.6. The largest absolute Gasteiger partial charge is 0.466 e. The smallest absolute Gasteiger partial charge is 0.330 e. The summed E-state index contributed by atoms with van der Waals surface area (Å²) in [5.41, 5.74) is 4.37. The van der Waals surface area contributed by atoms with Crippen LogP contribution in [0, 0.1) is 23.5 Å². The molecule has 3 aromatic rings. The first-order valence-corrected chi connectivity index (χ1v) is 13.9. The van der Waals surface area contributed by atoms with Crippen LogP contribution in [0.1, 0.15) is 43.7 Å². The molecule has 0 amide bonds. The second kappa shape index (κ2) is 15.1. The van der Waals surface area contributed by atoms with Gasteiger partial charge in [-0.1, -0.05) is 44.0 Å². The Labute approximate surface area is 242 Å². The van der Waals surface area contributed by atoms with Gasteiger partial charge in [0, 0.05) is 56.6 Å². The van der Waals surface area contributed by atoms with E-state index < -0.39 is 11.8 Å². The van der Waals surface area contributed by atoms with Crippen molar-refractivity contribution in [2.45, 2.75) is 39.2 Å². The summed E-state index contributed by atoms with van der Waals surface area (Å²) in [4.78, 5) is 25.4. The van der Waals surface area contributed by atoms with Crippen molar-refractivity contribution < 1.29 is 23.1 Å². The first-order valence-electron chi connectivity index (χ1n) is 13.9. The van der Waals surface area contributed by atoms with Gasteiger partial charge in [-0.2, -0.15) is 0 Å². The lowest BCUT2D eigenvalue weighted by molar-refractivity contribution is -0.134. The highest BCUT2D eigenvalue weighted by Crippen LogP contribution is 2.27. The molecule has 4 rings (SSSR count). The molecule has 5 nitrogen and oxygen atoms in total. The molecule has 1 aliphatic rings. The lowest BCUT2D eigenvalue weighted by Gasteiger charge is -2.21. The van der Waals surface area contributed by atoms with E-state index in [9.17, 15) is 18.4 Å². The Balaban J connectivity index is 0.000000436. The lowest BCUT2D eigenvalue weighted by atomic mass is 9.83. The van der Waals surface area contributed by atoms with E-state index in [1.807, 2.05) is 49.3 Å². The normalized spacial score (nSPS) is 16.5. The number of hydrogen-bond acceptors (Lipinski definition) is 5. The van der Waals surface area contributed by atoms with E-state index in [1.54, 1.807) is 24.1 Å². The lowest BCUT2D eigenvalue weighted by Crippen LogP contribution is -2.17. The Bertz CT molecular complexity index is 1340. The van der Waals surface area contributed by atoms with Crippen molar-refractivity contribution in [1.29, 1.82) is 0 Å². The minimum Gasteiger partial charge on any atom is -0.466 e. The molecule has 7 heteroatoms. The number of carbonyl (C=O) groups excluding carboxylic acids is 2. The highest BCUT2D eigenvalue weighted by molar-refractivity contribution is 5.87. The topological polar surface area (TPSA) is 49.9 Å². The van der Waals surface area contributed by atoms with Crippen molar-refractivity contribution in [3.63, 3.8) is 0 Å². The van der Waals surface area contributed by atoms with Gasteiger partial charge in [0.15, 0.2) is 0 Å². The summed E-state index contributed by atoms with van der Waals surface area (Å²) in [7, 11) is 6.97. The molecule has 218 valence electrons. The van der Waals surface area contributed by atoms with Crippen LogP contribution in [-0.2, 0) is 20.9 Å². The Hall–Kier alpha value is -4.00. The molecular weight excluding hydrogens is 522 g/mol. The zero-order valence-electron chi connectivity index (χ0n) is 24.6. The van der Waals surface area contributed by atoms with Crippen molar-refractivity contribution in [3.05, 3.63) is 89.5 Å². The number of rotatable bonds is 8. The average Bonchev–Trinajstić information content (AvgIpc) is 2.97. The van der Waals surface area contributed by atoms with Crippen molar-refractivity contribution in [2.24, 2.45) is 11.8 Å². The molecule has 0 N–H and O–H groups in total.